The number of hydrogen-bond acceptors (Lipinski definition) is 3. The van der Waals surface area contributed by atoms with E-state index >= 15 is 0 Å². The van der Waals surface area contributed by atoms with Gasteiger partial charge in [-0.2, -0.15) is 0 Å². The standard InChI is InChI=1S/C15H20BrNO2/c1-10-5-7-11(8-6-10)14-12(16)9-13(19-17-14)18-15(2,3)4/h5-8,12-13H,9H2,1-4H3/t12-,13-/m0/s1. The van der Waals surface area contributed by atoms with Crippen LogP contribution < -0.4 is 0 Å². The Bertz CT molecular complexity index is 462. The molecule has 1 heterocycles. The molecule has 2 atom stereocenters. The Balaban J connectivity index is 2.10. The highest BCUT2D eigenvalue weighted by atomic mass is 79.9. The fourth-order valence-electron chi connectivity index (χ4n) is 1.92. The van der Waals surface area contributed by atoms with Crippen LogP contribution in [0.5, 0.6) is 0 Å². The monoisotopic (exact) mass is 325 g/mol. The molecule has 1 aromatic rings. The number of rotatable bonds is 2. The molecule has 0 N–H and O–H groups in total. The largest absolute Gasteiger partial charge is 0.363 e. The molecular weight excluding hydrogens is 306 g/mol. The maximum Gasteiger partial charge on any atom is 0.228 e. The molecule has 3 nitrogen and oxygen atoms in total. The molecule has 2 rings (SSSR count). The molecule has 0 amide bonds. The van der Waals surface area contributed by atoms with Crippen molar-refractivity contribution in [2.24, 2.45) is 5.16 Å². The van der Waals surface area contributed by atoms with Gasteiger partial charge in [-0.25, -0.2) is 0 Å². The Morgan fingerprint density at radius 3 is 2.42 bits per heavy atom. The number of aryl methyl sites for hydroxylation is 1. The van der Waals surface area contributed by atoms with Crippen LogP contribution >= 0.6 is 15.9 Å². The normalized spacial score (nSPS) is 23.7. The number of nitrogens with zero attached hydrogens (tertiary/aromatic N) is 1. The van der Waals surface area contributed by atoms with Gasteiger partial charge in [-0.05, 0) is 27.7 Å². The van der Waals surface area contributed by atoms with Gasteiger partial charge in [0.25, 0.3) is 0 Å². The van der Waals surface area contributed by atoms with E-state index < -0.39 is 0 Å². The van der Waals surface area contributed by atoms with Gasteiger partial charge in [0.1, 0.15) is 5.71 Å². The summed E-state index contributed by atoms with van der Waals surface area (Å²) in [6.07, 6.45) is 0.461. The summed E-state index contributed by atoms with van der Waals surface area (Å²) in [5.41, 5.74) is 3.02. The van der Waals surface area contributed by atoms with E-state index in [2.05, 4.69) is 52.3 Å². The Labute approximate surface area is 123 Å². The Hall–Kier alpha value is -0.870. The maximum absolute atomic E-state index is 5.79. The molecule has 1 aliphatic heterocycles. The van der Waals surface area contributed by atoms with Crippen LogP contribution in [0.1, 0.15) is 38.3 Å². The maximum atomic E-state index is 5.79. The average Bonchev–Trinajstić information content (AvgIpc) is 2.29. The topological polar surface area (TPSA) is 30.8 Å². The lowest BCUT2D eigenvalue weighted by atomic mass is 10.0. The smallest absolute Gasteiger partial charge is 0.228 e. The summed E-state index contributed by atoms with van der Waals surface area (Å²) in [6, 6.07) is 8.29. The van der Waals surface area contributed by atoms with Crippen LogP contribution in [0.15, 0.2) is 29.4 Å². The van der Waals surface area contributed by atoms with Gasteiger partial charge in [-0.3, -0.25) is 0 Å². The van der Waals surface area contributed by atoms with Gasteiger partial charge in [0.05, 0.1) is 10.4 Å². The molecule has 0 bridgehead atoms. The summed E-state index contributed by atoms with van der Waals surface area (Å²) >= 11 is 3.67. The number of halogens is 1. The van der Waals surface area contributed by atoms with E-state index in [0.717, 1.165) is 17.7 Å². The minimum absolute atomic E-state index is 0.149. The molecule has 0 saturated heterocycles. The lowest BCUT2D eigenvalue weighted by Crippen LogP contribution is -2.35. The number of ether oxygens (including phenoxy) is 1. The van der Waals surface area contributed by atoms with Crippen LogP contribution in [0, 0.1) is 6.92 Å². The highest BCUT2D eigenvalue weighted by molar-refractivity contribution is 9.10. The van der Waals surface area contributed by atoms with Gasteiger partial charge in [-0.15, -0.1) is 0 Å². The van der Waals surface area contributed by atoms with Gasteiger partial charge in [0.2, 0.25) is 6.29 Å². The zero-order valence-electron chi connectivity index (χ0n) is 11.8. The Morgan fingerprint density at radius 1 is 1.26 bits per heavy atom. The quantitative estimate of drug-likeness (QED) is 0.769. The fraction of sp³-hybridized carbons (Fsp3) is 0.533. The first-order chi connectivity index (χ1) is 8.85. The lowest BCUT2D eigenvalue weighted by molar-refractivity contribution is -0.200. The van der Waals surface area contributed by atoms with Crippen molar-refractivity contribution in [2.45, 2.75) is 50.8 Å². The van der Waals surface area contributed by atoms with Crippen molar-refractivity contribution in [2.75, 3.05) is 0 Å². The summed E-state index contributed by atoms with van der Waals surface area (Å²) in [5.74, 6) is 0. The lowest BCUT2D eigenvalue weighted by Gasteiger charge is -2.30. The molecule has 0 aromatic heterocycles. The van der Waals surface area contributed by atoms with Gasteiger partial charge in [-0.1, -0.05) is 50.9 Å². The molecule has 0 spiro atoms. The van der Waals surface area contributed by atoms with Crippen molar-refractivity contribution < 1.29 is 9.57 Å². The summed E-state index contributed by atoms with van der Waals surface area (Å²) in [5, 5.41) is 4.22. The summed E-state index contributed by atoms with van der Waals surface area (Å²) in [4.78, 5) is 5.61. The zero-order valence-corrected chi connectivity index (χ0v) is 13.4. The van der Waals surface area contributed by atoms with E-state index in [1.807, 2.05) is 20.8 Å². The van der Waals surface area contributed by atoms with Crippen molar-refractivity contribution in [3.05, 3.63) is 35.4 Å². The predicted octanol–water partition coefficient (Wildman–Crippen LogP) is 4.02. The Kier molecular flexibility index (Phi) is 4.31. The molecule has 4 heteroatoms. The third-order valence-electron chi connectivity index (χ3n) is 2.80. The van der Waals surface area contributed by atoms with Crippen molar-refractivity contribution >= 4 is 21.6 Å². The Morgan fingerprint density at radius 2 is 1.89 bits per heavy atom. The molecular formula is C15H20BrNO2. The second kappa shape index (κ2) is 5.63. The van der Waals surface area contributed by atoms with Crippen molar-refractivity contribution in [1.29, 1.82) is 0 Å². The highest BCUT2D eigenvalue weighted by Crippen LogP contribution is 2.26. The first-order valence-corrected chi connectivity index (χ1v) is 7.39. The van der Waals surface area contributed by atoms with Gasteiger partial charge in [0, 0.05) is 12.0 Å². The average molecular weight is 326 g/mol. The van der Waals surface area contributed by atoms with Crippen LogP contribution in [0.4, 0.5) is 0 Å². The second-order valence-corrected chi connectivity index (χ2v) is 6.92. The second-order valence-electron chi connectivity index (χ2n) is 5.81. The minimum Gasteiger partial charge on any atom is -0.363 e. The van der Waals surface area contributed by atoms with E-state index in [9.17, 15) is 0 Å². The molecule has 1 aromatic carbocycles. The summed E-state index contributed by atoms with van der Waals surface area (Å²) in [7, 11) is 0. The molecule has 0 radical (unpaired) electrons. The molecule has 0 unspecified atom stereocenters. The predicted molar refractivity (Wildman–Crippen MR) is 80.8 cm³/mol. The van der Waals surface area contributed by atoms with Gasteiger partial charge in [0.15, 0.2) is 0 Å². The summed E-state index contributed by atoms with van der Waals surface area (Å²) < 4.78 is 5.79. The SMILES string of the molecule is Cc1ccc(C2=NO[C@H](OC(C)(C)C)C[C@@H]2Br)cc1. The first kappa shape index (κ1) is 14.5. The van der Waals surface area contributed by atoms with E-state index in [1.54, 1.807) is 0 Å². The van der Waals surface area contributed by atoms with Gasteiger partial charge >= 0.3 is 0 Å². The molecule has 104 valence electrons. The highest BCUT2D eigenvalue weighted by Gasteiger charge is 2.30. The van der Waals surface area contributed by atoms with E-state index in [0.29, 0.717) is 0 Å². The third kappa shape index (κ3) is 4.05. The molecule has 1 aliphatic rings. The van der Waals surface area contributed by atoms with Crippen molar-refractivity contribution in [3.8, 4) is 0 Å². The number of alkyl halides is 1. The van der Waals surface area contributed by atoms with Crippen LogP contribution in [0.3, 0.4) is 0 Å². The third-order valence-corrected chi connectivity index (χ3v) is 3.60. The van der Waals surface area contributed by atoms with E-state index in [-0.39, 0.29) is 16.7 Å². The first-order valence-electron chi connectivity index (χ1n) is 6.48. The molecule has 0 aliphatic carbocycles. The van der Waals surface area contributed by atoms with Crippen molar-refractivity contribution in [3.63, 3.8) is 0 Å². The number of hydrogen-bond donors (Lipinski definition) is 0. The van der Waals surface area contributed by atoms with E-state index in [1.165, 1.54) is 5.56 Å². The number of oxime groups is 1. The molecule has 0 saturated carbocycles. The van der Waals surface area contributed by atoms with Crippen LogP contribution in [-0.2, 0) is 9.57 Å². The van der Waals surface area contributed by atoms with Crippen molar-refractivity contribution in [1.82, 2.24) is 0 Å². The van der Waals surface area contributed by atoms with Crippen LogP contribution in [-0.4, -0.2) is 22.4 Å². The summed E-state index contributed by atoms with van der Waals surface area (Å²) in [6.45, 7) is 8.11. The van der Waals surface area contributed by atoms with Gasteiger partial charge < -0.3 is 9.57 Å². The van der Waals surface area contributed by atoms with Crippen LogP contribution in [0.25, 0.3) is 0 Å². The zero-order chi connectivity index (χ0) is 14.0. The number of benzene rings is 1. The molecule has 0 fully saturated rings. The molecule has 19 heavy (non-hydrogen) atoms. The fourth-order valence-corrected chi connectivity index (χ4v) is 2.57. The van der Waals surface area contributed by atoms with Crippen LogP contribution in [0.2, 0.25) is 0 Å². The minimum atomic E-state index is -0.293. The van der Waals surface area contributed by atoms with E-state index in [4.69, 9.17) is 9.57 Å².